The molecule has 1 heterocycles. The molecule has 0 aliphatic carbocycles. The third kappa shape index (κ3) is 4.48. The van der Waals surface area contributed by atoms with Gasteiger partial charge in [0.25, 0.3) is 5.91 Å². The smallest absolute Gasteiger partial charge is 0.419 e. The summed E-state index contributed by atoms with van der Waals surface area (Å²) in [7, 11) is 1.68. The Labute approximate surface area is 131 Å². The number of alkyl halides is 3. The number of amides is 1. The molecule has 0 bridgehead atoms. The van der Waals surface area contributed by atoms with Crippen molar-refractivity contribution in [2.75, 3.05) is 6.61 Å². The Balaban J connectivity index is 1.95. The van der Waals surface area contributed by atoms with Crippen LogP contribution in [0.4, 0.5) is 13.2 Å². The second-order valence-corrected chi connectivity index (χ2v) is 5.08. The molecule has 0 fully saturated rings. The van der Waals surface area contributed by atoms with E-state index in [1.807, 2.05) is 0 Å². The average Bonchev–Trinajstić information content (AvgIpc) is 2.91. The third-order valence-electron chi connectivity index (χ3n) is 3.03. The van der Waals surface area contributed by atoms with Crippen molar-refractivity contribution in [1.29, 1.82) is 0 Å². The van der Waals surface area contributed by atoms with Crippen LogP contribution in [-0.4, -0.2) is 28.3 Å². The minimum absolute atomic E-state index is 0.0842. The Morgan fingerprint density at radius 2 is 2.09 bits per heavy atom. The van der Waals surface area contributed by atoms with Gasteiger partial charge in [0.1, 0.15) is 12.4 Å². The first-order chi connectivity index (χ1) is 10.8. The van der Waals surface area contributed by atoms with E-state index in [-0.39, 0.29) is 18.3 Å². The molecule has 2 rings (SSSR count). The fraction of sp³-hybridized carbons (Fsp3) is 0.333. The largest absolute Gasteiger partial charge is 0.491 e. The lowest BCUT2D eigenvalue weighted by molar-refractivity contribution is -0.139. The van der Waals surface area contributed by atoms with Crippen molar-refractivity contribution >= 4 is 5.91 Å². The number of carbonyl (C=O) groups is 1. The second kappa shape index (κ2) is 6.72. The van der Waals surface area contributed by atoms with Crippen LogP contribution in [0.3, 0.4) is 0 Å². The van der Waals surface area contributed by atoms with Crippen LogP contribution >= 0.6 is 0 Å². The first kappa shape index (κ1) is 16.9. The molecule has 23 heavy (non-hydrogen) atoms. The number of benzene rings is 1. The number of nitrogens with one attached hydrogen (secondary N) is 1. The van der Waals surface area contributed by atoms with E-state index < -0.39 is 17.8 Å². The summed E-state index contributed by atoms with van der Waals surface area (Å²) in [6, 6.07) is 4.49. The molecular formula is C15H16F3N3O2. The topological polar surface area (TPSA) is 56.1 Å². The third-order valence-corrected chi connectivity index (χ3v) is 3.03. The fourth-order valence-corrected chi connectivity index (χ4v) is 1.93. The van der Waals surface area contributed by atoms with Crippen LogP contribution in [0.25, 0.3) is 0 Å². The number of rotatable bonds is 5. The highest BCUT2D eigenvalue weighted by Crippen LogP contribution is 2.35. The van der Waals surface area contributed by atoms with Gasteiger partial charge in [-0.15, -0.1) is 0 Å². The summed E-state index contributed by atoms with van der Waals surface area (Å²) >= 11 is 0. The monoisotopic (exact) mass is 327 g/mol. The van der Waals surface area contributed by atoms with Crippen molar-refractivity contribution in [3.05, 3.63) is 47.8 Å². The van der Waals surface area contributed by atoms with Crippen LogP contribution in [0.15, 0.2) is 36.7 Å². The predicted molar refractivity (Wildman–Crippen MR) is 77.1 cm³/mol. The van der Waals surface area contributed by atoms with Crippen molar-refractivity contribution < 1.29 is 22.7 Å². The normalized spacial score (nSPS) is 12.7. The molecule has 2 aromatic rings. The number of hydrogen-bond acceptors (Lipinski definition) is 3. The van der Waals surface area contributed by atoms with Gasteiger partial charge in [0.15, 0.2) is 0 Å². The zero-order chi connectivity index (χ0) is 17.0. The van der Waals surface area contributed by atoms with E-state index in [4.69, 9.17) is 4.74 Å². The summed E-state index contributed by atoms with van der Waals surface area (Å²) in [5.41, 5.74) is -0.471. The molecule has 124 valence electrons. The summed E-state index contributed by atoms with van der Waals surface area (Å²) in [5, 5.41) is 6.52. The van der Waals surface area contributed by atoms with Gasteiger partial charge in [0, 0.05) is 13.2 Å². The summed E-state index contributed by atoms with van der Waals surface area (Å²) in [6.45, 7) is 1.56. The molecule has 1 aromatic carbocycles. The van der Waals surface area contributed by atoms with Crippen LogP contribution in [0, 0.1) is 0 Å². The second-order valence-electron chi connectivity index (χ2n) is 5.08. The van der Waals surface area contributed by atoms with Crippen molar-refractivity contribution in [3.63, 3.8) is 0 Å². The molecule has 0 aliphatic heterocycles. The standard InChI is InChI=1S/C15H16F3N3O2/c1-10(20-14(22)11-7-19-21(2)8-11)9-23-13-6-4-3-5-12(13)15(16,17)18/h3-8,10H,9H2,1-2H3,(H,20,22)/t10-/m1/s1. The van der Waals surface area contributed by atoms with Gasteiger partial charge in [0.2, 0.25) is 0 Å². The number of ether oxygens (including phenoxy) is 1. The van der Waals surface area contributed by atoms with Gasteiger partial charge in [-0.3, -0.25) is 9.48 Å². The zero-order valence-corrected chi connectivity index (χ0v) is 12.6. The predicted octanol–water partition coefficient (Wildman–Crippen LogP) is 2.64. The Morgan fingerprint density at radius 3 is 2.70 bits per heavy atom. The minimum atomic E-state index is -4.49. The number of para-hydroxylation sites is 1. The molecular weight excluding hydrogens is 311 g/mol. The van der Waals surface area contributed by atoms with E-state index in [9.17, 15) is 18.0 Å². The van der Waals surface area contributed by atoms with Gasteiger partial charge in [0.05, 0.1) is 23.4 Å². The van der Waals surface area contributed by atoms with Crippen LogP contribution in [0.2, 0.25) is 0 Å². The lowest BCUT2D eigenvalue weighted by Crippen LogP contribution is -2.36. The summed E-state index contributed by atoms with van der Waals surface area (Å²) in [5.74, 6) is -0.624. The Bertz CT molecular complexity index is 683. The lowest BCUT2D eigenvalue weighted by atomic mass is 10.2. The molecule has 1 aromatic heterocycles. The lowest BCUT2D eigenvalue weighted by Gasteiger charge is -2.17. The summed E-state index contributed by atoms with van der Waals surface area (Å²) in [6.07, 6.45) is -1.54. The van der Waals surface area contributed by atoms with Gasteiger partial charge in [-0.05, 0) is 19.1 Å². The van der Waals surface area contributed by atoms with Crippen molar-refractivity contribution in [2.24, 2.45) is 7.05 Å². The Hall–Kier alpha value is -2.51. The van der Waals surface area contributed by atoms with Gasteiger partial charge < -0.3 is 10.1 Å². The molecule has 0 saturated carbocycles. The molecule has 0 saturated heterocycles. The van der Waals surface area contributed by atoms with Crippen LogP contribution in [-0.2, 0) is 13.2 Å². The van der Waals surface area contributed by atoms with Crippen LogP contribution in [0.1, 0.15) is 22.8 Å². The number of aryl methyl sites for hydroxylation is 1. The SMILES string of the molecule is C[C@H](COc1ccccc1C(F)(F)F)NC(=O)c1cnn(C)c1. The molecule has 1 amide bonds. The van der Waals surface area contributed by atoms with E-state index in [2.05, 4.69) is 10.4 Å². The molecule has 1 atom stereocenters. The maximum atomic E-state index is 12.8. The van der Waals surface area contributed by atoms with Gasteiger partial charge in [-0.1, -0.05) is 12.1 Å². The molecule has 0 aliphatic rings. The van der Waals surface area contributed by atoms with Gasteiger partial charge >= 0.3 is 6.18 Å². The van der Waals surface area contributed by atoms with E-state index >= 15 is 0 Å². The highest BCUT2D eigenvalue weighted by Gasteiger charge is 2.34. The Morgan fingerprint density at radius 1 is 1.39 bits per heavy atom. The Kier molecular flexibility index (Phi) is 4.92. The minimum Gasteiger partial charge on any atom is -0.491 e. The number of aromatic nitrogens is 2. The molecule has 1 N–H and O–H groups in total. The van der Waals surface area contributed by atoms with Gasteiger partial charge in [-0.25, -0.2) is 0 Å². The van der Waals surface area contributed by atoms with E-state index in [0.29, 0.717) is 5.56 Å². The van der Waals surface area contributed by atoms with E-state index in [1.54, 1.807) is 20.2 Å². The highest BCUT2D eigenvalue weighted by atomic mass is 19.4. The van der Waals surface area contributed by atoms with Crippen LogP contribution < -0.4 is 10.1 Å². The van der Waals surface area contributed by atoms with E-state index in [0.717, 1.165) is 6.07 Å². The summed E-state index contributed by atoms with van der Waals surface area (Å²) in [4.78, 5) is 11.9. The molecule has 0 unspecified atom stereocenters. The molecule has 5 nitrogen and oxygen atoms in total. The number of carbonyl (C=O) groups excluding carboxylic acids is 1. The van der Waals surface area contributed by atoms with Crippen LogP contribution in [0.5, 0.6) is 5.75 Å². The first-order valence-electron chi connectivity index (χ1n) is 6.86. The first-order valence-corrected chi connectivity index (χ1v) is 6.86. The van der Waals surface area contributed by atoms with Crippen molar-refractivity contribution in [3.8, 4) is 5.75 Å². The average molecular weight is 327 g/mol. The maximum absolute atomic E-state index is 12.8. The maximum Gasteiger partial charge on any atom is 0.419 e. The quantitative estimate of drug-likeness (QED) is 0.918. The fourth-order valence-electron chi connectivity index (χ4n) is 1.93. The zero-order valence-electron chi connectivity index (χ0n) is 12.6. The number of nitrogens with zero attached hydrogens (tertiary/aromatic N) is 2. The van der Waals surface area contributed by atoms with E-state index in [1.165, 1.54) is 29.1 Å². The van der Waals surface area contributed by atoms with Gasteiger partial charge in [-0.2, -0.15) is 18.3 Å². The highest BCUT2D eigenvalue weighted by molar-refractivity contribution is 5.93. The number of hydrogen-bond donors (Lipinski definition) is 1. The van der Waals surface area contributed by atoms with Crippen molar-refractivity contribution in [1.82, 2.24) is 15.1 Å². The summed E-state index contributed by atoms with van der Waals surface area (Å²) < 4.78 is 45.2. The molecule has 0 radical (unpaired) electrons. The number of halogens is 3. The molecule has 8 heteroatoms. The van der Waals surface area contributed by atoms with Crippen molar-refractivity contribution in [2.45, 2.75) is 19.1 Å². The molecule has 0 spiro atoms.